The molecule has 0 saturated heterocycles. The van der Waals surface area contributed by atoms with Crippen LogP contribution in [0.1, 0.15) is 25.0 Å². The fourth-order valence-corrected chi connectivity index (χ4v) is 2.07. The van der Waals surface area contributed by atoms with Crippen molar-refractivity contribution >= 4 is 0 Å². The highest BCUT2D eigenvalue weighted by molar-refractivity contribution is 5.32. The molecule has 0 radical (unpaired) electrons. The van der Waals surface area contributed by atoms with E-state index in [1.54, 1.807) is 0 Å². The van der Waals surface area contributed by atoms with E-state index in [0.717, 1.165) is 16.9 Å². The number of aryl methyl sites for hydroxylation is 2. The summed E-state index contributed by atoms with van der Waals surface area (Å²) in [6, 6.07) is 6.00. The number of hydrogen-bond acceptors (Lipinski definition) is 4. The number of rotatable bonds is 8. The van der Waals surface area contributed by atoms with Crippen LogP contribution in [0.15, 0.2) is 18.2 Å². The Kier molecular flexibility index (Phi) is 6.99. The predicted octanol–water partition coefficient (Wildman–Crippen LogP) is 1.65. The van der Waals surface area contributed by atoms with Crippen LogP contribution in [0.5, 0.6) is 5.75 Å². The van der Waals surface area contributed by atoms with Crippen LogP contribution >= 0.6 is 0 Å². The van der Waals surface area contributed by atoms with E-state index in [9.17, 15) is 10.2 Å². The van der Waals surface area contributed by atoms with Gasteiger partial charge >= 0.3 is 0 Å². The topological polar surface area (TPSA) is 61.7 Å². The second-order valence-electron chi connectivity index (χ2n) is 5.73. The predicted molar refractivity (Wildman–Crippen MR) is 81.1 cm³/mol. The van der Waals surface area contributed by atoms with Gasteiger partial charge in [-0.2, -0.15) is 0 Å². The fourth-order valence-electron chi connectivity index (χ4n) is 2.07. The molecule has 1 aromatic rings. The second-order valence-corrected chi connectivity index (χ2v) is 5.73. The first-order chi connectivity index (χ1) is 9.42. The van der Waals surface area contributed by atoms with Gasteiger partial charge in [0.05, 0.1) is 6.61 Å². The lowest BCUT2D eigenvalue weighted by Gasteiger charge is -2.22. The lowest BCUT2D eigenvalue weighted by molar-refractivity contribution is 0.0961. The van der Waals surface area contributed by atoms with E-state index >= 15 is 0 Å². The smallest absolute Gasteiger partial charge is 0.119 e. The Morgan fingerprint density at radius 1 is 1.15 bits per heavy atom. The van der Waals surface area contributed by atoms with Gasteiger partial charge in [0, 0.05) is 12.6 Å². The van der Waals surface area contributed by atoms with Crippen molar-refractivity contribution in [3.05, 3.63) is 29.3 Å². The zero-order valence-electron chi connectivity index (χ0n) is 12.9. The molecule has 0 bridgehead atoms. The van der Waals surface area contributed by atoms with E-state index in [1.165, 1.54) is 0 Å². The molecule has 0 aromatic heterocycles. The largest absolute Gasteiger partial charge is 0.491 e. The monoisotopic (exact) mass is 281 g/mol. The maximum atomic E-state index is 9.91. The highest BCUT2D eigenvalue weighted by atomic mass is 16.5. The number of aliphatic hydroxyl groups excluding tert-OH is 2. The fraction of sp³-hybridized carbons (Fsp3) is 0.625. The van der Waals surface area contributed by atoms with Gasteiger partial charge in [0.15, 0.2) is 0 Å². The van der Waals surface area contributed by atoms with E-state index < -0.39 is 6.10 Å². The summed E-state index contributed by atoms with van der Waals surface area (Å²) in [5, 5.41) is 22.3. The van der Waals surface area contributed by atoms with Crippen molar-refractivity contribution in [2.24, 2.45) is 5.92 Å². The minimum absolute atomic E-state index is 0.00543. The standard InChI is InChI=1S/C16H27NO3/c1-11(2)16(9-18)17-8-14(19)10-20-15-6-12(3)5-13(4)7-15/h5-7,11,14,16-19H,8-10H2,1-4H3. The summed E-state index contributed by atoms with van der Waals surface area (Å²) in [5.41, 5.74) is 2.29. The molecule has 0 amide bonds. The Hall–Kier alpha value is -1.10. The molecule has 0 aliphatic heterocycles. The molecule has 0 saturated carbocycles. The molecule has 114 valence electrons. The van der Waals surface area contributed by atoms with E-state index in [0.29, 0.717) is 12.5 Å². The van der Waals surface area contributed by atoms with Crippen LogP contribution in [0.3, 0.4) is 0 Å². The lowest BCUT2D eigenvalue weighted by Crippen LogP contribution is -2.42. The maximum absolute atomic E-state index is 9.91. The molecular formula is C16H27NO3. The van der Waals surface area contributed by atoms with Crippen LogP contribution in [0.25, 0.3) is 0 Å². The van der Waals surface area contributed by atoms with Crippen LogP contribution in [-0.2, 0) is 0 Å². The molecule has 2 unspecified atom stereocenters. The Morgan fingerprint density at radius 3 is 2.25 bits per heavy atom. The maximum Gasteiger partial charge on any atom is 0.119 e. The molecular weight excluding hydrogens is 254 g/mol. The van der Waals surface area contributed by atoms with Gasteiger partial charge in [-0.05, 0) is 43.0 Å². The Morgan fingerprint density at radius 2 is 1.75 bits per heavy atom. The molecule has 0 spiro atoms. The van der Waals surface area contributed by atoms with Gasteiger partial charge in [0.2, 0.25) is 0 Å². The molecule has 20 heavy (non-hydrogen) atoms. The van der Waals surface area contributed by atoms with Crippen molar-refractivity contribution in [1.29, 1.82) is 0 Å². The molecule has 0 aliphatic carbocycles. The summed E-state index contributed by atoms with van der Waals surface area (Å²) in [4.78, 5) is 0. The van der Waals surface area contributed by atoms with Crippen LogP contribution in [0.2, 0.25) is 0 Å². The summed E-state index contributed by atoms with van der Waals surface area (Å²) in [6.45, 7) is 8.83. The summed E-state index contributed by atoms with van der Waals surface area (Å²) in [6.07, 6.45) is -0.594. The number of nitrogens with one attached hydrogen (secondary N) is 1. The molecule has 0 fully saturated rings. The molecule has 1 aromatic carbocycles. The number of aliphatic hydroxyl groups is 2. The van der Waals surface area contributed by atoms with Crippen molar-refractivity contribution in [1.82, 2.24) is 5.32 Å². The highest BCUT2D eigenvalue weighted by Gasteiger charge is 2.13. The van der Waals surface area contributed by atoms with Crippen molar-refractivity contribution in [2.45, 2.75) is 39.8 Å². The van der Waals surface area contributed by atoms with Gasteiger partial charge in [0.25, 0.3) is 0 Å². The number of ether oxygens (including phenoxy) is 1. The normalized spacial score (nSPS) is 14.3. The Bertz CT molecular complexity index is 386. The highest BCUT2D eigenvalue weighted by Crippen LogP contribution is 2.16. The second kappa shape index (κ2) is 8.25. The molecule has 4 nitrogen and oxygen atoms in total. The Labute approximate surface area is 121 Å². The van der Waals surface area contributed by atoms with Gasteiger partial charge in [-0.1, -0.05) is 19.9 Å². The Balaban J connectivity index is 2.37. The number of hydrogen-bond donors (Lipinski definition) is 3. The van der Waals surface area contributed by atoms with E-state index in [-0.39, 0.29) is 19.3 Å². The van der Waals surface area contributed by atoms with Crippen LogP contribution in [0.4, 0.5) is 0 Å². The zero-order chi connectivity index (χ0) is 15.1. The van der Waals surface area contributed by atoms with Gasteiger partial charge in [-0.15, -0.1) is 0 Å². The van der Waals surface area contributed by atoms with Crippen LogP contribution in [-0.4, -0.2) is 42.1 Å². The first kappa shape index (κ1) is 17.0. The summed E-state index contributed by atoms with van der Waals surface area (Å²) in [5.74, 6) is 1.11. The van der Waals surface area contributed by atoms with E-state index in [1.807, 2.05) is 39.8 Å². The van der Waals surface area contributed by atoms with Crippen molar-refractivity contribution < 1.29 is 14.9 Å². The third-order valence-electron chi connectivity index (χ3n) is 3.25. The van der Waals surface area contributed by atoms with Crippen LogP contribution < -0.4 is 10.1 Å². The molecule has 2 atom stereocenters. The summed E-state index contributed by atoms with van der Waals surface area (Å²) >= 11 is 0. The lowest BCUT2D eigenvalue weighted by atomic mass is 10.1. The van der Waals surface area contributed by atoms with Crippen molar-refractivity contribution in [2.75, 3.05) is 19.8 Å². The van der Waals surface area contributed by atoms with Gasteiger partial charge in [0.1, 0.15) is 18.5 Å². The average Bonchev–Trinajstić information content (AvgIpc) is 2.35. The van der Waals surface area contributed by atoms with Crippen LogP contribution in [0, 0.1) is 19.8 Å². The molecule has 4 heteroatoms. The van der Waals surface area contributed by atoms with E-state index in [2.05, 4.69) is 11.4 Å². The molecule has 3 N–H and O–H groups in total. The van der Waals surface area contributed by atoms with Crippen molar-refractivity contribution in [3.8, 4) is 5.75 Å². The first-order valence-corrected chi connectivity index (χ1v) is 7.15. The third kappa shape index (κ3) is 5.90. The average molecular weight is 281 g/mol. The third-order valence-corrected chi connectivity index (χ3v) is 3.25. The first-order valence-electron chi connectivity index (χ1n) is 7.15. The van der Waals surface area contributed by atoms with Gasteiger partial charge in [-0.3, -0.25) is 0 Å². The number of benzene rings is 1. The molecule has 0 aliphatic rings. The summed E-state index contributed by atoms with van der Waals surface area (Å²) in [7, 11) is 0. The molecule has 1 rings (SSSR count). The summed E-state index contributed by atoms with van der Waals surface area (Å²) < 4.78 is 5.60. The van der Waals surface area contributed by atoms with Gasteiger partial charge in [-0.25, -0.2) is 0 Å². The minimum atomic E-state index is -0.594. The van der Waals surface area contributed by atoms with Crippen molar-refractivity contribution in [3.63, 3.8) is 0 Å². The quantitative estimate of drug-likeness (QED) is 0.678. The molecule has 0 heterocycles. The van der Waals surface area contributed by atoms with E-state index in [4.69, 9.17) is 4.74 Å². The SMILES string of the molecule is Cc1cc(C)cc(OCC(O)CNC(CO)C(C)C)c1. The zero-order valence-corrected chi connectivity index (χ0v) is 12.9. The van der Waals surface area contributed by atoms with Gasteiger partial charge < -0.3 is 20.3 Å². The minimum Gasteiger partial charge on any atom is -0.491 e.